The van der Waals surface area contributed by atoms with Crippen molar-refractivity contribution in [2.24, 2.45) is 0 Å². The van der Waals surface area contributed by atoms with E-state index in [9.17, 15) is 14.4 Å². The zero-order valence-corrected chi connectivity index (χ0v) is 13.6. The van der Waals surface area contributed by atoms with Gasteiger partial charge >= 0.3 is 5.97 Å². The molecule has 23 heavy (non-hydrogen) atoms. The number of carbonyl (C=O) groups excluding carboxylic acids is 3. The van der Waals surface area contributed by atoms with Gasteiger partial charge in [-0.15, -0.1) is 0 Å². The number of rotatable bonds is 7. The van der Waals surface area contributed by atoms with Gasteiger partial charge in [-0.3, -0.25) is 9.59 Å². The highest BCUT2D eigenvalue weighted by molar-refractivity contribution is 5.98. The van der Waals surface area contributed by atoms with E-state index in [1.165, 1.54) is 19.9 Å². The molecule has 6 heteroatoms. The van der Waals surface area contributed by atoms with Crippen molar-refractivity contribution in [3.63, 3.8) is 0 Å². The second-order valence-corrected chi connectivity index (χ2v) is 4.99. The first-order valence-electron chi connectivity index (χ1n) is 7.47. The summed E-state index contributed by atoms with van der Waals surface area (Å²) in [5.74, 6) is -1.53. The monoisotopic (exact) mass is 318 g/mol. The van der Waals surface area contributed by atoms with Gasteiger partial charge in [0.2, 0.25) is 5.91 Å². The third kappa shape index (κ3) is 6.78. The Labute approximate surface area is 135 Å². The summed E-state index contributed by atoms with van der Waals surface area (Å²) >= 11 is 0. The summed E-state index contributed by atoms with van der Waals surface area (Å²) in [5, 5.41) is 5.08. The van der Waals surface area contributed by atoms with Crippen molar-refractivity contribution < 1.29 is 19.1 Å². The van der Waals surface area contributed by atoms with E-state index in [2.05, 4.69) is 10.6 Å². The second-order valence-electron chi connectivity index (χ2n) is 4.99. The molecule has 0 aliphatic heterocycles. The second kappa shape index (κ2) is 9.40. The Kier molecular flexibility index (Phi) is 7.53. The van der Waals surface area contributed by atoms with Crippen LogP contribution in [0.25, 0.3) is 6.08 Å². The van der Waals surface area contributed by atoms with Crippen LogP contribution >= 0.6 is 0 Å². The summed E-state index contributed by atoms with van der Waals surface area (Å²) in [6.45, 7) is 5.22. The number of hydrogen-bond donors (Lipinski definition) is 2. The van der Waals surface area contributed by atoms with Gasteiger partial charge in [-0.2, -0.15) is 0 Å². The molecule has 0 saturated carbocycles. The molecule has 124 valence electrons. The van der Waals surface area contributed by atoms with Crippen LogP contribution in [0, 0.1) is 0 Å². The van der Waals surface area contributed by atoms with Gasteiger partial charge in [0.05, 0.1) is 0 Å². The van der Waals surface area contributed by atoms with E-state index in [0.717, 1.165) is 12.0 Å². The normalized spacial score (nSPS) is 12.2. The van der Waals surface area contributed by atoms with Crippen LogP contribution < -0.4 is 10.6 Å². The maximum atomic E-state index is 12.2. The molecule has 0 heterocycles. The Hall–Kier alpha value is -2.63. The number of benzene rings is 1. The number of carbonyl (C=O) groups is 3. The Bertz CT molecular complexity index is 582. The van der Waals surface area contributed by atoms with E-state index < -0.39 is 18.0 Å². The van der Waals surface area contributed by atoms with Gasteiger partial charge < -0.3 is 15.4 Å². The molecule has 1 aromatic rings. The lowest BCUT2D eigenvalue weighted by molar-refractivity contribution is -0.151. The van der Waals surface area contributed by atoms with Crippen LogP contribution in [0.15, 0.2) is 36.0 Å². The fourth-order valence-corrected chi connectivity index (χ4v) is 1.72. The number of ether oxygens (including phenoxy) is 1. The summed E-state index contributed by atoms with van der Waals surface area (Å²) < 4.78 is 5.11. The molecule has 0 bridgehead atoms. The maximum Gasteiger partial charge on any atom is 0.355 e. The van der Waals surface area contributed by atoms with Gasteiger partial charge in [-0.25, -0.2) is 4.79 Å². The van der Waals surface area contributed by atoms with Crippen molar-refractivity contribution in [3.05, 3.63) is 41.6 Å². The van der Waals surface area contributed by atoms with Gasteiger partial charge in [0.1, 0.15) is 5.70 Å². The Balaban J connectivity index is 2.82. The quantitative estimate of drug-likeness (QED) is 0.591. The van der Waals surface area contributed by atoms with Gasteiger partial charge in [-0.1, -0.05) is 37.3 Å². The van der Waals surface area contributed by atoms with E-state index >= 15 is 0 Å². The maximum absolute atomic E-state index is 12.2. The van der Waals surface area contributed by atoms with E-state index in [0.29, 0.717) is 6.54 Å². The molecule has 0 radical (unpaired) electrons. The van der Waals surface area contributed by atoms with E-state index in [-0.39, 0.29) is 11.6 Å². The molecule has 1 aromatic carbocycles. The minimum Gasteiger partial charge on any atom is -0.448 e. The highest BCUT2D eigenvalue weighted by atomic mass is 16.5. The fraction of sp³-hybridized carbons (Fsp3) is 0.353. The van der Waals surface area contributed by atoms with Crippen LogP contribution in [0.5, 0.6) is 0 Å². The zero-order valence-electron chi connectivity index (χ0n) is 13.6. The van der Waals surface area contributed by atoms with E-state index in [1.54, 1.807) is 12.1 Å². The summed E-state index contributed by atoms with van der Waals surface area (Å²) in [6, 6.07) is 9.03. The van der Waals surface area contributed by atoms with Gasteiger partial charge in [0.25, 0.3) is 5.91 Å². The molecule has 6 nitrogen and oxygen atoms in total. The molecule has 1 atom stereocenters. The number of esters is 1. The van der Waals surface area contributed by atoms with Gasteiger partial charge in [0.15, 0.2) is 6.10 Å². The van der Waals surface area contributed by atoms with Crippen molar-refractivity contribution in [2.75, 3.05) is 6.54 Å². The summed E-state index contributed by atoms with van der Waals surface area (Å²) in [5.41, 5.74) is 0.718. The Morgan fingerprint density at radius 1 is 1.22 bits per heavy atom. The van der Waals surface area contributed by atoms with Crippen LogP contribution in [0.1, 0.15) is 32.8 Å². The first-order chi connectivity index (χ1) is 10.9. The number of hydrogen-bond acceptors (Lipinski definition) is 4. The van der Waals surface area contributed by atoms with Crippen molar-refractivity contribution >= 4 is 23.9 Å². The topological polar surface area (TPSA) is 84.5 Å². The van der Waals surface area contributed by atoms with Crippen LogP contribution in [-0.4, -0.2) is 30.4 Å². The lowest BCUT2D eigenvalue weighted by atomic mass is 10.2. The standard InChI is InChI=1S/C17H22N2O4/c1-4-10-18-16(21)12(2)23-17(22)15(19-13(3)20)11-14-8-6-5-7-9-14/h5-9,11-12H,4,10H2,1-3H3,(H,18,21)(H,19,20)/b15-11-/t12-/m0/s1. The zero-order chi connectivity index (χ0) is 17.2. The summed E-state index contributed by atoms with van der Waals surface area (Å²) in [6.07, 6.45) is 1.35. The highest BCUT2D eigenvalue weighted by Gasteiger charge is 2.20. The molecule has 2 amide bonds. The molecule has 0 aliphatic rings. The SMILES string of the molecule is CCCNC(=O)[C@H](C)OC(=O)/C(=C/c1ccccc1)NC(C)=O. The molecule has 0 unspecified atom stereocenters. The van der Waals surface area contributed by atoms with Crippen LogP contribution in [0.2, 0.25) is 0 Å². The molecule has 0 aromatic heterocycles. The predicted molar refractivity (Wildman–Crippen MR) is 87.1 cm³/mol. The molecular weight excluding hydrogens is 296 g/mol. The van der Waals surface area contributed by atoms with Crippen LogP contribution in [-0.2, 0) is 19.1 Å². The van der Waals surface area contributed by atoms with Crippen molar-refractivity contribution in [1.29, 1.82) is 0 Å². The van der Waals surface area contributed by atoms with Crippen molar-refractivity contribution in [1.82, 2.24) is 10.6 Å². The largest absolute Gasteiger partial charge is 0.448 e. The van der Waals surface area contributed by atoms with Crippen LogP contribution in [0.4, 0.5) is 0 Å². The van der Waals surface area contributed by atoms with Gasteiger partial charge in [-0.05, 0) is 25.0 Å². The predicted octanol–water partition coefficient (Wildman–Crippen LogP) is 1.62. The Morgan fingerprint density at radius 2 is 1.87 bits per heavy atom. The summed E-state index contributed by atoms with van der Waals surface area (Å²) in [4.78, 5) is 35.2. The molecule has 2 N–H and O–H groups in total. The third-order valence-corrected chi connectivity index (χ3v) is 2.84. The first-order valence-corrected chi connectivity index (χ1v) is 7.47. The molecule has 0 saturated heterocycles. The lowest BCUT2D eigenvalue weighted by Crippen LogP contribution is -2.38. The van der Waals surface area contributed by atoms with Crippen molar-refractivity contribution in [3.8, 4) is 0 Å². The third-order valence-electron chi connectivity index (χ3n) is 2.84. The number of nitrogens with one attached hydrogen (secondary N) is 2. The van der Waals surface area contributed by atoms with Gasteiger partial charge in [0, 0.05) is 13.5 Å². The molecule has 0 fully saturated rings. The minimum atomic E-state index is -0.943. The van der Waals surface area contributed by atoms with E-state index in [1.807, 2.05) is 25.1 Å². The van der Waals surface area contributed by atoms with Crippen molar-refractivity contribution in [2.45, 2.75) is 33.3 Å². The highest BCUT2D eigenvalue weighted by Crippen LogP contribution is 2.07. The summed E-state index contributed by atoms with van der Waals surface area (Å²) in [7, 11) is 0. The molecule has 0 spiro atoms. The van der Waals surface area contributed by atoms with E-state index in [4.69, 9.17) is 4.74 Å². The Morgan fingerprint density at radius 3 is 2.43 bits per heavy atom. The molecule has 1 rings (SSSR count). The first kappa shape index (κ1) is 18.4. The minimum absolute atomic E-state index is 0.0150. The number of amides is 2. The molecule has 0 aliphatic carbocycles. The average Bonchev–Trinajstić information content (AvgIpc) is 2.52. The molecular formula is C17H22N2O4. The lowest BCUT2D eigenvalue weighted by Gasteiger charge is -2.15. The smallest absolute Gasteiger partial charge is 0.355 e. The fourth-order valence-electron chi connectivity index (χ4n) is 1.72. The van der Waals surface area contributed by atoms with Crippen LogP contribution in [0.3, 0.4) is 0 Å². The average molecular weight is 318 g/mol.